The van der Waals surface area contributed by atoms with Crippen molar-refractivity contribution in [2.75, 3.05) is 11.9 Å². The summed E-state index contributed by atoms with van der Waals surface area (Å²) in [6.07, 6.45) is 9.80. The maximum absolute atomic E-state index is 5.00. The van der Waals surface area contributed by atoms with Crippen LogP contribution >= 0.6 is 0 Å². The van der Waals surface area contributed by atoms with Crippen molar-refractivity contribution in [3.63, 3.8) is 0 Å². The molecule has 6 rings (SSSR count). The fourth-order valence-electron chi connectivity index (χ4n) is 5.27. The van der Waals surface area contributed by atoms with Gasteiger partial charge in [-0.15, -0.1) is 0 Å². The van der Waals surface area contributed by atoms with Gasteiger partial charge in [-0.3, -0.25) is 4.98 Å². The number of nitrogens with zero attached hydrogens (tertiary/aromatic N) is 5. The first kappa shape index (κ1) is 19.6. The minimum Gasteiger partial charge on any atom is -0.321 e. The molecule has 7 nitrogen and oxygen atoms in total. The molecule has 5 heterocycles. The van der Waals surface area contributed by atoms with Crippen LogP contribution in [0.2, 0.25) is 0 Å². The van der Waals surface area contributed by atoms with Crippen LogP contribution in [0, 0.1) is 12.8 Å². The first-order valence-corrected chi connectivity index (χ1v) is 11.8. The van der Waals surface area contributed by atoms with Crippen molar-refractivity contribution in [3.8, 4) is 0 Å². The lowest BCUT2D eigenvalue weighted by Crippen LogP contribution is -2.24. The zero-order valence-electron chi connectivity index (χ0n) is 18.7. The molecule has 0 atom stereocenters. The van der Waals surface area contributed by atoms with E-state index < -0.39 is 0 Å². The summed E-state index contributed by atoms with van der Waals surface area (Å²) in [6.45, 7) is 6.26. The quantitative estimate of drug-likeness (QED) is 0.488. The van der Waals surface area contributed by atoms with Crippen LogP contribution in [0.15, 0.2) is 30.6 Å². The first-order chi connectivity index (χ1) is 15.7. The van der Waals surface area contributed by atoms with Crippen LogP contribution in [0.25, 0.3) is 21.9 Å². The third-order valence-corrected chi connectivity index (χ3v) is 7.08. The molecule has 1 fully saturated rings. The van der Waals surface area contributed by atoms with Gasteiger partial charge in [0.15, 0.2) is 0 Å². The van der Waals surface area contributed by atoms with E-state index >= 15 is 0 Å². The molecular weight excluding hydrogens is 398 g/mol. The second-order valence-corrected chi connectivity index (χ2v) is 9.41. The number of hydrogen-bond acceptors (Lipinski definition) is 6. The number of fused-ring (bicyclic) bond motifs is 4. The molecule has 7 heteroatoms. The Hall–Kier alpha value is -3.06. The normalized spacial score (nSPS) is 21.1. The SMILES string of the molecule is Cc1cc2c3cnc(Nc4ccc5c(n4)CCNC5)nc3n(C3CCC(C)CC3)c2cn1. The number of nitrogens with one attached hydrogen (secondary N) is 2. The molecule has 0 spiro atoms. The fraction of sp³-hybridized carbons (Fsp3) is 0.440. The van der Waals surface area contributed by atoms with Crippen molar-refractivity contribution in [1.82, 2.24) is 29.8 Å². The monoisotopic (exact) mass is 427 g/mol. The highest BCUT2D eigenvalue weighted by Crippen LogP contribution is 2.38. The molecule has 32 heavy (non-hydrogen) atoms. The van der Waals surface area contributed by atoms with Gasteiger partial charge in [-0.1, -0.05) is 13.0 Å². The van der Waals surface area contributed by atoms with E-state index in [4.69, 9.17) is 9.97 Å². The van der Waals surface area contributed by atoms with Crippen LogP contribution < -0.4 is 10.6 Å². The Bertz CT molecular complexity index is 1300. The summed E-state index contributed by atoms with van der Waals surface area (Å²) >= 11 is 0. The average molecular weight is 428 g/mol. The lowest BCUT2D eigenvalue weighted by Gasteiger charge is -2.28. The number of rotatable bonds is 3. The van der Waals surface area contributed by atoms with Gasteiger partial charge in [0.05, 0.1) is 11.7 Å². The Kier molecular flexibility index (Phi) is 4.79. The molecule has 0 saturated heterocycles. The molecule has 4 aromatic rings. The molecule has 2 aliphatic rings. The largest absolute Gasteiger partial charge is 0.321 e. The van der Waals surface area contributed by atoms with Crippen molar-refractivity contribution in [2.45, 2.75) is 58.5 Å². The predicted molar refractivity (Wildman–Crippen MR) is 127 cm³/mol. The van der Waals surface area contributed by atoms with Gasteiger partial charge in [0.2, 0.25) is 5.95 Å². The molecule has 0 aromatic carbocycles. The molecule has 0 unspecified atom stereocenters. The summed E-state index contributed by atoms with van der Waals surface area (Å²) in [6, 6.07) is 6.77. The van der Waals surface area contributed by atoms with Crippen molar-refractivity contribution < 1.29 is 0 Å². The molecule has 1 aliphatic carbocycles. The molecule has 0 amide bonds. The van der Waals surface area contributed by atoms with Gasteiger partial charge in [-0.2, -0.15) is 4.98 Å². The van der Waals surface area contributed by atoms with Crippen LogP contribution in [0.3, 0.4) is 0 Å². The molecule has 0 radical (unpaired) electrons. The van der Waals surface area contributed by atoms with E-state index in [1.807, 2.05) is 25.4 Å². The van der Waals surface area contributed by atoms with Gasteiger partial charge < -0.3 is 15.2 Å². The zero-order chi connectivity index (χ0) is 21.7. The summed E-state index contributed by atoms with van der Waals surface area (Å²) in [5.74, 6) is 2.20. The summed E-state index contributed by atoms with van der Waals surface area (Å²) < 4.78 is 2.42. The maximum Gasteiger partial charge on any atom is 0.230 e. The van der Waals surface area contributed by atoms with E-state index in [2.05, 4.69) is 44.2 Å². The molecular formula is C25H29N7. The van der Waals surface area contributed by atoms with E-state index in [0.717, 1.165) is 59.2 Å². The summed E-state index contributed by atoms with van der Waals surface area (Å²) in [5.41, 5.74) is 5.60. The van der Waals surface area contributed by atoms with E-state index in [1.54, 1.807) is 0 Å². The van der Waals surface area contributed by atoms with Gasteiger partial charge >= 0.3 is 0 Å². The minimum absolute atomic E-state index is 0.452. The Morgan fingerprint density at radius 3 is 2.78 bits per heavy atom. The van der Waals surface area contributed by atoms with Gasteiger partial charge in [0.25, 0.3) is 0 Å². The van der Waals surface area contributed by atoms with E-state index in [0.29, 0.717) is 12.0 Å². The van der Waals surface area contributed by atoms with Crippen molar-refractivity contribution in [3.05, 3.63) is 47.5 Å². The van der Waals surface area contributed by atoms with Gasteiger partial charge in [-0.05, 0) is 56.2 Å². The van der Waals surface area contributed by atoms with Gasteiger partial charge in [-0.25, -0.2) is 9.97 Å². The van der Waals surface area contributed by atoms with Crippen LogP contribution in [0.5, 0.6) is 0 Å². The van der Waals surface area contributed by atoms with Crippen molar-refractivity contribution >= 4 is 33.7 Å². The van der Waals surface area contributed by atoms with Crippen LogP contribution in [0.4, 0.5) is 11.8 Å². The molecule has 4 aromatic heterocycles. The number of aryl methyl sites for hydroxylation is 1. The number of hydrogen-bond donors (Lipinski definition) is 2. The Morgan fingerprint density at radius 2 is 1.91 bits per heavy atom. The molecule has 2 N–H and O–H groups in total. The van der Waals surface area contributed by atoms with E-state index in [9.17, 15) is 0 Å². The fourth-order valence-corrected chi connectivity index (χ4v) is 5.27. The molecule has 164 valence electrons. The van der Waals surface area contributed by atoms with Crippen LogP contribution in [0.1, 0.15) is 55.6 Å². The molecule has 0 bridgehead atoms. The first-order valence-electron chi connectivity index (χ1n) is 11.8. The maximum atomic E-state index is 5.00. The van der Waals surface area contributed by atoms with Gasteiger partial charge in [0.1, 0.15) is 11.5 Å². The third-order valence-electron chi connectivity index (χ3n) is 7.08. The topological polar surface area (TPSA) is 80.5 Å². The van der Waals surface area contributed by atoms with E-state index in [-0.39, 0.29) is 0 Å². The molecule has 1 aliphatic heterocycles. The predicted octanol–water partition coefficient (Wildman–Crippen LogP) is 4.82. The van der Waals surface area contributed by atoms with Crippen molar-refractivity contribution in [1.29, 1.82) is 0 Å². The standard InChI is InChI=1S/C25H29N7/c1-15-3-6-18(7-4-15)32-22-14-27-16(2)11-19(22)20-13-28-25(31-24(20)32)30-23-8-5-17-12-26-10-9-21(17)29-23/h5,8,11,13-15,18,26H,3-4,6-7,9-10,12H2,1-2H3,(H,28,29,30,31). The third kappa shape index (κ3) is 3.41. The zero-order valence-corrected chi connectivity index (χ0v) is 18.7. The van der Waals surface area contributed by atoms with E-state index in [1.165, 1.54) is 36.6 Å². The Balaban J connectivity index is 1.43. The highest BCUT2D eigenvalue weighted by molar-refractivity contribution is 6.06. The van der Waals surface area contributed by atoms with Crippen LogP contribution in [-0.4, -0.2) is 31.0 Å². The summed E-state index contributed by atoms with van der Waals surface area (Å²) in [7, 11) is 0. The minimum atomic E-state index is 0.452. The second kappa shape index (κ2) is 7.81. The number of aromatic nitrogens is 5. The second-order valence-electron chi connectivity index (χ2n) is 9.41. The van der Waals surface area contributed by atoms with Gasteiger partial charge in [0, 0.05) is 53.9 Å². The van der Waals surface area contributed by atoms with Crippen molar-refractivity contribution in [2.24, 2.45) is 5.92 Å². The number of pyridine rings is 2. The Morgan fingerprint density at radius 1 is 1.03 bits per heavy atom. The smallest absolute Gasteiger partial charge is 0.230 e. The number of anilines is 2. The summed E-state index contributed by atoms with van der Waals surface area (Å²) in [5, 5.41) is 9.04. The highest BCUT2D eigenvalue weighted by Gasteiger charge is 2.25. The summed E-state index contributed by atoms with van der Waals surface area (Å²) in [4.78, 5) is 19.1. The van der Waals surface area contributed by atoms with Crippen LogP contribution in [-0.2, 0) is 13.0 Å². The Labute approximate surface area is 187 Å². The average Bonchev–Trinajstić information content (AvgIpc) is 3.12. The lowest BCUT2D eigenvalue weighted by atomic mass is 9.87. The lowest BCUT2D eigenvalue weighted by molar-refractivity contribution is 0.298. The highest BCUT2D eigenvalue weighted by atomic mass is 15.2. The molecule has 1 saturated carbocycles.